The first-order chi connectivity index (χ1) is 9.81. The van der Waals surface area contributed by atoms with E-state index >= 15 is 0 Å². The lowest BCUT2D eigenvalue weighted by Crippen LogP contribution is -2.28. The monoisotopic (exact) mass is 377 g/mol. The number of benzene rings is 1. The molecule has 7 heteroatoms. The maximum atomic E-state index is 5.83. The molecule has 0 aliphatic carbocycles. The number of anilines is 1. The van der Waals surface area contributed by atoms with E-state index in [-0.39, 0.29) is 37.2 Å². The highest BCUT2D eigenvalue weighted by Crippen LogP contribution is 2.24. The number of aromatic nitrogens is 1. The molecule has 2 aromatic rings. The van der Waals surface area contributed by atoms with Gasteiger partial charge in [-0.1, -0.05) is 12.1 Å². The number of halogens is 3. The van der Waals surface area contributed by atoms with Gasteiger partial charge in [0.25, 0.3) is 0 Å². The van der Waals surface area contributed by atoms with Crippen LogP contribution in [-0.2, 0) is 0 Å². The molecule has 0 amide bonds. The van der Waals surface area contributed by atoms with Gasteiger partial charge in [0.1, 0.15) is 12.4 Å². The van der Waals surface area contributed by atoms with Crippen molar-refractivity contribution in [1.82, 2.24) is 10.3 Å². The second-order valence-electron chi connectivity index (χ2n) is 5.14. The zero-order valence-electron chi connectivity index (χ0n) is 12.6. The first-order valence-corrected chi connectivity index (χ1v) is 6.98. The molecule has 0 unspecified atom stereocenters. The Hall–Kier alpha value is -1.20. The molecule has 4 nitrogen and oxygen atoms in total. The molecule has 0 radical (unpaired) electrons. The van der Waals surface area contributed by atoms with Gasteiger partial charge in [-0.25, -0.2) is 0 Å². The van der Waals surface area contributed by atoms with Crippen molar-refractivity contribution < 1.29 is 4.74 Å². The normalized spacial score (nSPS) is 15.7. The minimum absolute atomic E-state index is 0. The van der Waals surface area contributed by atoms with Gasteiger partial charge in [0.2, 0.25) is 0 Å². The molecule has 1 saturated heterocycles. The highest BCUT2D eigenvalue weighted by atomic mass is 35.5. The van der Waals surface area contributed by atoms with Crippen LogP contribution in [0.15, 0.2) is 42.7 Å². The van der Waals surface area contributed by atoms with Crippen LogP contribution in [0, 0.1) is 0 Å². The molecule has 1 aromatic carbocycles. The minimum atomic E-state index is 0. The number of ether oxygens (including phenoxy) is 1. The Morgan fingerprint density at radius 2 is 1.96 bits per heavy atom. The maximum Gasteiger partial charge on any atom is 0.138 e. The highest BCUT2D eigenvalue weighted by Gasteiger charge is 2.14. The molecule has 0 saturated carbocycles. The summed E-state index contributed by atoms with van der Waals surface area (Å²) in [6.07, 6.45) is 6.00. The Bertz CT molecular complexity index is 592. The number of nitrogens with one attached hydrogen (secondary N) is 1. The van der Waals surface area contributed by atoms with E-state index in [2.05, 4.69) is 10.3 Å². The summed E-state index contributed by atoms with van der Waals surface area (Å²) < 4.78 is 5.83. The molecule has 23 heavy (non-hydrogen) atoms. The van der Waals surface area contributed by atoms with Crippen molar-refractivity contribution >= 4 is 42.9 Å². The predicted octanol–water partition coefficient (Wildman–Crippen LogP) is 3.73. The molecule has 1 aromatic heterocycles. The van der Waals surface area contributed by atoms with E-state index in [0.717, 1.165) is 29.1 Å². The van der Waals surface area contributed by atoms with Crippen LogP contribution >= 0.6 is 37.2 Å². The molecule has 1 fully saturated rings. The van der Waals surface area contributed by atoms with Crippen molar-refractivity contribution in [2.75, 3.05) is 18.9 Å². The number of rotatable bonds is 4. The van der Waals surface area contributed by atoms with Gasteiger partial charge in [-0.3, -0.25) is 4.98 Å². The number of hydrogen-bond donors (Lipinski definition) is 2. The summed E-state index contributed by atoms with van der Waals surface area (Å²) in [5.74, 6) is 0.804. The summed E-state index contributed by atoms with van der Waals surface area (Å²) >= 11 is 0. The molecular formula is C16H22Cl3N3O. The van der Waals surface area contributed by atoms with Crippen molar-refractivity contribution in [2.24, 2.45) is 0 Å². The Morgan fingerprint density at radius 1 is 1.13 bits per heavy atom. The van der Waals surface area contributed by atoms with Gasteiger partial charge < -0.3 is 15.8 Å². The van der Waals surface area contributed by atoms with Crippen LogP contribution in [0.3, 0.4) is 0 Å². The quantitative estimate of drug-likeness (QED) is 0.796. The van der Waals surface area contributed by atoms with E-state index in [4.69, 9.17) is 10.5 Å². The average molecular weight is 379 g/mol. The molecular weight excluding hydrogens is 357 g/mol. The minimum Gasteiger partial charge on any atom is -0.490 e. The van der Waals surface area contributed by atoms with Crippen LogP contribution in [0.4, 0.5) is 5.69 Å². The summed E-state index contributed by atoms with van der Waals surface area (Å²) in [6.45, 7) is 1.79. The molecule has 2 heterocycles. The van der Waals surface area contributed by atoms with Crippen molar-refractivity contribution in [1.29, 1.82) is 0 Å². The van der Waals surface area contributed by atoms with Gasteiger partial charge in [0.15, 0.2) is 0 Å². The van der Waals surface area contributed by atoms with Crippen LogP contribution in [0.1, 0.15) is 12.8 Å². The molecule has 1 atom stereocenters. The standard InChI is InChI=1S/C16H19N3O.3ClH/c17-14-4-1-3-12(7-14)13-8-16(10-18-9-13)20-11-15-5-2-6-19-15;;;/h1,3-4,7-10,15,19H,2,5-6,11,17H2;3*1H/t15-;;;/m1.../s1. The third kappa shape index (κ3) is 6.07. The third-order valence-electron chi connectivity index (χ3n) is 3.55. The van der Waals surface area contributed by atoms with E-state index in [1.165, 1.54) is 12.8 Å². The molecule has 1 aliphatic heterocycles. The number of nitrogens with zero attached hydrogens (tertiary/aromatic N) is 1. The molecule has 0 spiro atoms. The van der Waals surface area contributed by atoms with Gasteiger partial charge >= 0.3 is 0 Å². The number of hydrogen-bond acceptors (Lipinski definition) is 4. The molecule has 128 valence electrons. The van der Waals surface area contributed by atoms with Gasteiger partial charge in [0.05, 0.1) is 6.20 Å². The van der Waals surface area contributed by atoms with E-state index < -0.39 is 0 Å². The lowest BCUT2D eigenvalue weighted by Gasteiger charge is -2.12. The molecule has 3 rings (SSSR count). The molecule has 1 aliphatic rings. The van der Waals surface area contributed by atoms with Crippen molar-refractivity contribution in [3.63, 3.8) is 0 Å². The lowest BCUT2D eigenvalue weighted by atomic mass is 10.1. The topological polar surface area (TPSA) is 60.2 Å². The fourth-order valence-corrected chi connectivity index (χ4v) is 2.47. The summed E-state index contributed by atoms with van der Waals surface area (Å²) in [5, 5.41) is 3.42. The zero-order chi connectivity index (χ0) is 13.8. The summed E-state index contributed by atoms with van der Waals surface area (Å²) in [6, 6.07) is 10.3. The molecule has 0 bridgehead atoms. The second-order valence-corrected chi connectivity index (χ2v) is 5.14. The number of pyridine rings is 1. The van der Waals surface area contributed by atoms with Gasteiger partial charge in [-0.15, -0.1) is 37.2 Å². The van der Waals surface area contributed by atoms with Crippen molar-refractivity contribution in [3.8, 4) is 16.9 Å². The average Bonchev–Trinajstić information content (AvgIpc) is 2.99. The third-order valence-corrected chi connectivity index (χ3v) is 3.55. The lowest BCUT2D eigenvalue weighted by molar-refractivity contribution is 0.276. The molecule has 3 N–H and O–H groups in total. The highest BCUT2D eigenvalue weighted by molar-refractivity contribution is 5.86. The van der Waals surface area contributed by atoms with E-state index in [0.29, 0.717) is 12.6 Å². The fraction of sp³-hybridized carbons (Fsp3) is 0.312. The predicted molar refractivity (Wildman–Crippen MR) is 102 cm³/mol. The van der Waals surface area contributed by atoms with Crippen LogP contribution < -0.4 is 15.8 Å². The van der Waals surface area contributed by atoms with Crippen molar-refractivity contribution in [2.45, 2.75) is 18.9 Å². The van der Waals surface area contributed by atoms with Crippen LogP contribution in [0.25, 0.3) is 11.1 Å². The Balaban J connectivity index is 0.00000161. The SMILES string of the molecule is Cl.Cl.Cl.Nc1cccc(-c2cncc(OC[C@H]3CCCN3)c2)c1. The van der Waals surface area contributed by atoms with E-state index in [1.807, 2.05) is 36.5 Å². The maximum absolute atomic E-state index is 5.83. The number of nitrogen functional groups attached to an aromatic ring is 1. The first kappa shape index (κ1) is 21.8. The summed E-state index contributed by atoms with van der Waals surface area (Å²) in [7, 11) is 0. The van der Waals surface area contributed by atoms with Gasteiger partial charge in [-0.05, 0) is 43.1 Å². The number of nitrogens with two attached hydrogens (primary N) is 1. The van der Waals surface area contributed by atoms with E-state index in [9.17, 15) is 0 Å². The Morgan fingerprint density at radius 3 is 2.65 bits per heavy atom. The van der Waals surface area contributed by atoms with Gasteiger partial charge in [-0.2, -0.15) is 0 Å². The largest absolute Gasteiger partial charge is 0.490 e. The smallest absolute Gasteiger partial charge is 0.138 e. The Labute approximate surface area is 155 Å². The van der Waals surface area contributed by atoms with Crippen molar-refractivity contribution in [3.05, 3.63) is 42.7 Å². The zero-order valence-corrected chi connectivity index (χ0v) is 15.1. The first-order valence-electron chi connectivity index (χ1n) is 6.98. The second kappa shape index (κ2) is 10.6. The summed E-state index contributed by atoms with van der Waals surface area (Å²) in [5.41, 5.74) is 8.65. The van der Waals surface area contributed by atoms with Gasteiger partial charge in [0, 0.05) is 23.5 Å². The summed E-state index contributed by atoms with van der Waals surface area (Å²) in [4.78, 5) is 4.25. The van der Waals surface area contributed by atoms with Crippen LogP contribution in [0.5, 0.6) is 5.75 Å². The van der Waals surface area contributed by atoms with Crippen LogP contribution in [-0.4, -0.2) is 24.2 Å². The Kier molecular flexibility index (Phi) is 10.0. The van der Waals surface area contributed by atoms with Crippen LogP contribution in [0.2, 0.25) is 0 Å². The fourth-order valence-electron chi connectivity index (χ4n) is 2.47. The van der Waals surface area contributed by atoms with E-state index in [1.54, 1.807) is 6.20 Å².